The number of aromatic nitrogens is 2. The summed E-state index contributed by atoms with van der Waals surface area (Å²) >= 11 is 3.32. The lowest BCUT2D eigenvalue weighted by atomic mass is 10.2. The number of nitrogens with zero attached hydrogens (tertiary/aromatic N) is 3. The number of hydrogen-bond acceptors (Lipinski definition) is 3. The Kier molecular flexibility index (Phi) is 2.52. The highest BCUT2D eigenvalue weighted by Crippen LogP contribution is 2.15. The average Bonchev–Trinajstić information content (AvgIpc) is 2.22. The molecule has 5 heteroatoms. The van der Waals surface area contributed by atoms with Gasteiger partial charge in [0.2, 0.25) is 0 Å². The first-order valence-electron chi connectivity index (χ1n) is 4.25. The second kappa shape index (κ2) is 3.83. The van der Waals surface area contributed by atoms with E-state index in [9.17, 15) is 4.79 Å². The van der Waals surface area contributed by atoms with Crippen molar-refractivity contribution in [1.82, 2.24) is 9.78 Å². The van der Waals surface area contributed by atoms with E-state index in [0.29, 0.717) is 5.39 Å². The molecule has 0 bridgehead atoms. The quantitative estimate of drug-likeness (QED) is 0.787. The van der Waals surface area contributed by atoms with Crippen LogP contribution in [0.15, 0.2) is 33.7 Å². The number of nitriles is 1. The standard InChI is InChI=1S/C10H6BrN3O/c11-8-1-2-9-7(5-8)6-13-14(4-3-12)10(9)15/h1-2,5-6H,4H2. The van der Waals surface area contributed by atoms with Crippen LogP contribution in [0, 0.1) is 11.3 Å². The van der Waals surface area contributed by atoms with Crippen LogP contribution in [0.1, 0.15) is 0 Å². The van der Waals surface area contributed by atoms with Crippen LogP contribution in [-0.2, 0) is 6.54 Å². The molecule has 15 heavy (non-hydrogen) atoms. The molecule has 1 aromatic carbocycles. The molecule has 0 N–H and O–H groups in total. The largest absolute Gasteiger partial charge is 0.275 e. The van der Waals surface area contributed by atoms with Gasteiger partial charge in [0, 0.05) is 9.86 Å². The lowest BCUT2D eigenvalue weighted by Crippen LogP contribution is -2.22. The van der Waals surface area contributed by atoms with Gasteiger partial charge in [-0.3, -0.25) is 4.79 Å². The minimum absolute atomic E-state index is 0.0230. The van der Waals surface area contributed by atoms with Crippen molar-refractivity contribution in [2.24, 2.45) is 0 Å². The number of hydrogen-bond donors (Lipinski definition) is 0. The fraction of sp³-hybridized carbons (Fsp3) is 0.100. The summed E-state index contributed by atoms with van der Waals surface area (Å²) in [6.45, 7) is -0.0230. The Morgan fingerprint density at radius 1 is 1.53 bits per heavy atom. The highest BCUT2D eigenvalue weighted by atomic mass is 79.9. The van der Waals surface area contributed by atoms with E-state index < -0.39 is 0 Å². The Hall–Kier alpha value is -1.67. The molecule has 0 amide bonds. The smallest absolute Gasteiger partial charge is 0.267 e. The highest BCUT2D eigenvalue weighted by molar-refractivity contribution is 9.10. The van der Waals surface area contributed by atoms with Crippen molar-refractivity contribution in [3.8, 4) is 6.07 Å². The topological polar surface area (TPSA) is 58.7 Å². The number of rotatable bonds is 1. The van der Waals surface area contributed by atoms with Crippen molar-refractivity contribution in [3.05, 3.63) is 39.2 Å². The van der Waals surface area contributed by atoms with Crippen LogP contribution in [-0.4, -0.2) is 9.78 Å². The van der Waals surface area contributed by atoms with Crippen molar-refractivity contribution in [1.29, 1.82) is 5.26 Å². The van der Waals surface area contributed by atoms with Crippen molar-refractivity contribution in [2.75, 3.05) is 0 Å². The number of benzene rings is 1. The van der Waals surface area contributed by atoms with Gasteiger partial charge in [-0.25, -0.2) is 4.68 Å². The second-order valence-electron chi connectivity index (χ2n) is 3.00. The van der Waals surface area contributed by atoms with Crippen molar-refractivity contribution in [2.45, 2.75) is 6.54 Å². The summed E-state index contributed by atoms with van der Waals surface area (Å²) in [6, 6.07) is 7.22. The predicted molar refractivity (Wildman–Crippen MR) is 59.3 cm³/mol. The summed E-state index contributed by atoms with van der Waals surface area (Å²) in [6.07, 6.45) is 1.58. The molecular weight excluding hydrogens is 258 g/mol. The Morgan fingerprint density at radius 2 is 2.33 bits per heavy atom. The first kappa shape index (κ1) is 9.87. The van der Waals surface area contributed by atoms with Gasteiger partial charge in [0.05, 0.1) is 17.7 Å². The molecule has 1 aromatic heterocycles. The zero-order chi connectivity index (χ0) is 10.8. The van der Waals surface area contributed by atoms with Crippen LogP contribution in [0.4, 0.5) is 0 Å². The van der Waals surface area contributed by atoms with Gasteiger partial charge in [0.25, 0.3) is 5.56 Å². The first-order valence-corrected chi connectivity index (χ1v) is 5.04. The zero-order valence-corrected chi connectivity index (χ0v) is 9.23. The third-order valence-electron chi connectivity index (χ3n) is 2.04. The third kappa shape index (κ3) is 1.76. The summed E-state index contributed by atoms with van der Waals surface area (Å²) < 4.78 is 2.05. The van der Waals surface area contributed by atoms with Gasteiger partial charge in [-0.05, 0) is 18.2 Å². The van der Waals surface area contributed by atoms with Crippen LogP contribution in [0.5, 0.6) is 0 Å². The summed E-state index contributed by atoms with van der Waals surface area (Å²) in [7, 11) is 0. The van der Waals surface area contributed by atoms with Gasteiger partial charge in [-0.15, -0.1) is 0 Å². The van der Waals surface area contributed by atoms with E-state index in [1.165, 1.54) is 0 Å². The Balaban J connectivity index is 2.76. The molecule has 0 unspecified atom stereocenters. The summed E-state index contributed by atoms with van der Waals surface area (Å²) in [5.74, 6) is 0. The molecule has 0 fully saturated rings. The first-order chi connectivity index (χ1) is 7.22. The molecule has 0 aliphatic heterocycles. The minimum Gasteiger partial charge on any atom is -0.267 e. The molecule has 0 saturated heterocycles. The second-order valence-corrected chi connectivity index (χ2v) is 3.91. The van der Waals surface area contributed by atoms with E-state index in [4.69, 9.17) is 5.26 Å². The van der Waals surface area contributed by atoms with Gasteiger partial charge in [-0.1, -0.05) is 15.9 Å². The van der Waals surface area contributed by atoms with Gasteiger partial charge < -0.3 is 0 Å². The zero-order valence-electron chi connectivity index (χ0n) is 7.64. The summed E-state index contributed by atoms with van der Waals surface area (Å²) in [4.78, 5) is 11.8. The number of fused-ring (bicyclic) bond motifs is 1. The lowest BCUT2D eigenvalue weighted by molar-refractivity contribution is 0.667. The van der Waals surface area contributed by atoms with E-state index in [1.807, 2.05) is 12.1 Å². The van der Waals surface area contributed by atoms with Gasteiger partial charge in [0.15, 0.2) is 0 Å². The maximum Gasteiger partial charge on any atom is 0.275 e. The Morgan fingerprint density at radius 3 is 3.07 bits per heavy atom. The van der Waals surface area contributed by atoms with Crippen molar-refractivity contribution >= 4 is 26.7 Å². The van der Waals surface area contributed by atoms with Crippen molar-refractivity contribution < 1.29 is 0 Å². The molecule has 0 atom stereocenters. The molecule has 0 aliphatic carbocycles. The predicted octanol–water partition coefficient (Wildman–Crippen LogP) is 1.68. The molecular formula is C10H6BrN3O. The van der Waals surface area contributed by atoms with E-state index in [2.05, 4.69) is 21.0 Å². The van der Waals surface area contributed by atoms with Gasteiger partial charge >= 0.3 is 0 Å². The minimum atomic E-state index is -0.235. The Bertz CT molecular complexity index is 612. The third-order valence-corrected chi connectivity index (χ3v) is 2.53. The molecule has 74 valence electrons. The average molecular weight is 264 g/mol. The van der Waals surface area contributed by atoms with E-state index in [1.54, 1.807) is 18.3 Å². The fourth-order valence-corrected chi connectivity index (χ4v) is 1.72. The molecule has 0 radical (unpaired) electrons. The fourth-order valence-electron chi connectivity index (χ4n) is 1.34. The SMILES string of the molecule is N#CCn1ncc2cc(Br)ccc2c1=O. The van der Waals surface area contributed by atoms with Crippen molar-refractivity contribution in [3.63, 3.8) is 0 Å². The number of halogens is 1. The summed E-state index contributed by atoms with van der Waals surface area (Å²) in [5.41, 5.74) is -0.235. The molecule has 2 aromatic rings. The van der Waals surface area contributed by atoms with E-state index >= 15 is 0 Å². The molecule has 0 saturated carbocycles. The van der Waals surface area contributed by atoms with Crippen LogP contribution >= 0.6 is 15.9 Å². The molecule has 0 spiro atoms. The van der Waals surface area contributed by atoms with E-state index in [-0.39, 0.29) is 12.1 Å². The molecule has 4 nitrogen and oxygen atoms in total. The molecule has 1 heterocycles. The highest BCUT2D eigenvalue weighted by Gasteiger charge is 2.03. The van der Waals surface area contributed by atoms with Crippen LogP contribution < -0.4 is 5.56 Å². The lowest BCUT2D eigenvalue weighted by Gasteiger charge is -2.01. The van der Waals surface area contributed by atoms with Crippen LogP contribution in [0.25, 0.3) is 10.8 Å². The van der Waals surface area contributed by atoms with Crippen LogP contribution in [0.3, 0.4) is 0 Å². The van der Waals surface area contributed by atoms with Gasteiger partial charge in [0.1, 0.15) is 6.54 Å². The van der Waals surface area contributed by atoms with E-state index in [0.717, 1.165) is 14.5 Å². The maximum absolute atomic E-state index is 11.8. The van der Waals surface area contributed by atoms with Gasteiger partial charge in [-0.2, -0.15) is 10.4 Å². The van der Waals surface area contributed by atoms with Crippen LogP contribution in [0.2, 0.25) is 0 Å². The Labute approximate surface area is 93.9 Å². The molecule has 0 aliphatic rings. The summed E-state index contributed by atoms with van der Waals surface area (Å²) in [5, 5.41) is 13.7. The normalized spacial score (nSPS) is 10.1. The molecule has 2 rings (SSSR count). The maximum atomic E-state index is 11.8. The monoisotopic (exact) mass is 263 g/mol.